The summed E-state index contributed by atoms with van der Waals surface area (Å²) in [6.07, 6.45) is 0.482. The average Bonchev–Trinajstić information content (AvgIpc) is 3.55. The molecular weight excluding hydrogens is 430 g/mol. The van der Waals surface area contributed by atoms with E-state index < -0.39 is 12.1 Å². The van der Waals surface area contributed by atoms with Crippen LogP contribution in [0.5, 0.6) is 11.5 Å². The van der Waals surface area contributed by atoms with Crippen molar-refractivity contribution in [1.82, 2.24) is 14.8 Å². The Morgan fingerprint density at radius 1 is 0.912 bits per heavy atom. The molecule has 4 aromatic rings. The third-order valence-electron chi connectivity index (χ3n) is 7.03. The highest BCUT2D eigenvalue weighted by Gasteiger charge is 2.52. The lowest BCUT2D eigenvalue weighted by Gasteiger charge is -2.36. The van der Waals surface area contributed by atoms with Crippen LogP contribution in [0.1, 0.15) is 28.4 Å². The van der Waals surface area contributed by atoms with E-state index in [1.807, 2.05) is 66.7 Å². The SMILES string of the molecule is O=C1[C@H]2Cc3c([nH]c4ccccc34)C(c3ccc4c(c3)OCO4)N2C(=O)N1Cc1ccccc1. The van der Waals surface area contributed by atoms with E-state index in [1.54, 1.807) is 4.90 Å². The van der Waals surface area contributed by atoms with Gasteiger partial charge in [-0.05, 0) is 34.9 Å². The number of ether oxygens (including phenoxy) is 2. The largest absolute Gasteiger partial charge is 0.454 e. The first-order valence-corrected chi connectivity index (χ1v) is 11.4. The number of amides is 3. The molecule has 7 nitrogen and oxygen atoms in total. The van der Waals surface area contributed by atoms with Crippen LogP contribution in [-0.4, -0.2) is 39.6 Å². The van der Waals surface area contributed by atoms with Crippen molar-refractivity contribution in [2.24, 2.45) is 0 Å². The second-order valence-corrected chi connectivity index (χ2v) is 8.90. The van der Waals surface area contributed by atoms with Gasteiger partial charge in [0.05, 0.1) is 6.54 Å². The number of urea groups is 1. The number of imide groups is 1. The van der Waals surface area contributed by atoms with Crippen molar-refractivity contribution < 1.29 is 19.1 Å². The number of nitrogens with zero attached hydrogens (tertiary/aromatic N) is 2. The smallest absolute Gasteiger partial charge is 0.328 e. The Morgan fingerprint density at radius 3 is 2.59 bits per heavy atom. The van der Waals surface area contributed by atoms with Gasteiger partial charge in [0.2, 0.25) is 6.79 Å². The van der Waals surface area contributed by atoms with E-state index >= 15 is 0 Å². The molecule has 0 saturated carbocycles. The predicted molar refractivity (Wildman–Crippen MR) is 124 cm³/mol. The minimum absolute atomic E-state index is 0.157. The van der Waals surface area contributed by atoms with Crippen molar-refractivity contribution in [1.29, 1.82) is 0 Å². The summed E-state index contributed by atoms with van der Waals surface area (Å²) in [6, 6.07) is 22.2. The Hall–Kier alpha value is -4.26. The van der Waals surface area contributed by atoms with Gasteiger partial charge in [-0.25, -0.2) is 4.79 Å². The third-order valence-corrected chi connectivity index (χ3v) is 7.03. The first-order valence-electron chi connectivity index (χ1n) is 11.4. The van der Waals surface area contributed by atoms with Gasteiger partial charge < -0.3 is 14.5 Å². The van der Waals surface area contributed by atoms with E-state index in [2.05, 4.69) is 11.1 Å². The molecule has 7 rings (SSSR count). The molecule has 1 aromatic heterocycles. The van der Waals surface area contributed by atoms with Crippen molar-refractivity contribution in [2.75, 3.05) is 6.79 Å². The quantitative estimate of drug-likeness (QED) is 0.469. The number of hydrogen-bond donors (Lipinski definition) is 1. The minimum Gasteiger partial charge on any atom is -0.454 e. The monoisotopic (exact) mass is 451 g/mol. The first-order chi connectivity index (χ1) is 16.7. The molecule has 3 aliphatic heterocycles. The number of rotatable bonds is 3. The zero-order valence-corrected chi connectivity index (χ0v) is 18.2. The standard InChI is InChI=1S/C27H21N3O4/c31-26-21-13-19-18-8-4-5-9-20(18)28-24(19)25(17-10-11-22-23(12-17)34-15-33-22)30(21)27(32)29(26)14-16-6-2-1-3-7-16/h1-12,21,25,28H,13-15H2/t21-,25?/m1/s1. The van der Waals surface area contributed by atoms with Crippen molar-refractivity contribution >= 4 is 22.8 Å². The number of carbonyl (C=O) groups is 2. The van der Waals surface area contributed by atoms with Crippen LogP contribution < -0.4 is 9.47 Å². The summed E-state index contributed by atoms with van der Waals surface area (Å²) in [6.45, 7) is 0.434. The molecule has 2 atom stereocenters. The van der Waals surface area contributed by atoms with Crippen LogP contribution in [0.15, 0.2) is 72.8 Å². The number of aromatic amines is 1. The first kappa shape index (κ1) is 19.2. The van der Waals surface area contributed by atoms with E-state index in [0.717, 1.165) is 33.3 Å². The van der Waals surface area contributed by atoms with Crippen LogP contribution in [-0.2, 0) is 17.8 Å². The number of H-pyrrole nitrogens is 1. The third kappa shape index (κ3) is 2.70. The van der Waals surface area contributed by atoms with Crippen LogP contribution in [0.3, 0.4) is 0 Å². The van der Waals surface area contributed by atoms with Gasteiger partial charge in [-0.15, -0.1) is 0 Å². The molecular formula is C27H21N3O4. The molecule has 3 aromatic carbocycles. The molecule has 1 N–H and O–H groups in total. The summed E-state index contributed by atoms with van der Waals surface area (Å²) in [7, 11) is 0. The number of para-hydroxylation sites is 1. The van der Waals surface area contributed by atoms with Crippen molar-refractivity contribution in [2.45, 2.75) is 25.0 Å². The van der Waals surface area contributed by atoms with Crippen molar-refractivity contribution in [3.63, 3.8) is 0 Å². The molecule has 1 fully saturated rings. The highest BCUT2D eigenvalue weighted by atomic mass is 16.7. The minimum atomic E-state index is -0.557. The number of fused-ring (bicyclic) bond motifs is 5. The van der Waals surface area contributed by atoms with Gasteiger partial charge in [-0.2, -0.15) is 0 Å². The number of nitrogens with one attached hydrogen (secondary N) is 1. The highest BCUT2D eigenvalue weighted by molar-refractivity contribution is 6.05. The Kier molecular flexibility index (Phi) is 4.03. The Balaban J connectivity index is 1.37. The summed E-state index contributed by atoms with van der Waals surface area (Å²) in [5, 5.41) is 1.09. The van der Waals surface area contributed by atoms with E-state index in [-0.39, 0.29) is 25.3 Å². The zero-order valence-electron chi connectivity index (χ0n) is 18.2. The molecule has 3 aliphatic rings. The van der Waals surface area contributed by atoms with E-state index in [1.165, 1.54) is 4.90 Å². The van der Waals surface area contributed by atoms with Crippen LogP contribution in [0.25, 0.3) is 10.9 Å². The number of aromatic nitrogens is 1. The lowest BCUT2D eigenvalue weighted by molar-refractivity contribution is -0.129. The summed E-state index contributed by atoms with van der Waals surface area (Å²) >= 11 is 0. The number of benzene rings is 3. The summed E-state index contributed by atoms with van der Waals surface area (Å²) in [4.78, 5) is 34.0. The second-order valence-electron chi connectivity index (χ2n) is 8.90. The van der Waals surface area contributed by atoms with Gasteiger partial charge in [0, 0.05) is 23.0 Å². The van der Waals surface area contributed by atoms with Crippen molar-refractivity contribution in [3.05, 3.63) is 95.2 Å². The average molecular weight is 451 g/mol. The molecule has 1 unspecified atom stereocenters. The topological polar surface area (TPSA) is 74.9 Å². The fourth-order valence-corrected chi connectivity index (χ4v) is 5.47. The molecule has 168 valence electrons. The summed E-state index contributed by atoms with van der Waals surface area (Å²) in [5.74, 6) is 1.18. The summed E-state index contributed by atoms with van der Waals surface area (Å²) in [5.41, 5.74) is 4.83. The fourth-order valence-electron chi connectivity index (χ4n) is 5.47. The number of hydrogen-bond acceptors (Lipinski definition) is 4. The molecule has 0 spiro atoms. The van der Waals surface area contributed by atoms with Crippen molar-refractivity contribution in [3.8, 4) is 11.5 Å². The van der Waals surface area contributed by atoms with Crippen LogP contribution in [0, 0.1) is 0 Å². The van der Waals surface area contributed by atoms with E-state index in [0.29, 0.717) is 17.9 Å². The molecule has 0 radical (unpaired) electrons. The van der Waals surface area contributed by atoms with Gasteiger partial charge in [-0.3, -0.25) is 14.6 Å². The molecule has 0 aliphatic carbocycles. The Bertz CT molecular complexity index is 1460. The van der Waals surface area contributed by atoms with Gasteiger partial charge >= 0.3 is 6.03 Å². The predicted octanol–water partition coefficient (Wildman–Crippen LogP) is 4.38. The summed E-state index contributed by atoms with van der Waals surface area (Å²) < 4.78 is 11.1. The molecule has 0 bridgehead atoms. The molecule has 3 amide bonds. The maximum atomic E-state index is 13.8. The maximum absolute atomic E-state index is 13.8. The fraction of sp³-hybridized carbons (Fsp3) is 0.185. The van der Waals surface area contributed by atoms with Crippen LogP contribution in [0.4, 0.5) is 4.79 Å². The highest BCUT2D eigenvalue weighted by Crippen LogP contribution is 2.46. The Morgan fingerprint density at radius 2 is 1.71 bits per heavy atom. The van der Waals surface area contributed by atoms with Gasteiger partial charge in [-0.1, -0.05) is 54.6 Å². The van der Waals surface area contributed by atoms with Crippen LogP contribution >= 0.6 is 0 Å². The van der Waals surface area contributed by atoms with E-state index in [4.69, 9.17) is 9.47 Å². The Labute approximate surface area is 195 Å². The number of carbonyl (C=O) groups excluding carboxylic acids is 2. The zero-order chi connectivity index (χ0) is 22.8. The molecule has 1 saturated heterocycles. The van der Waals surface area contributed by atoms with E-state index in [9.17, 15) is 9.59 Å². The lowest BCUT2D eigenvalue weighted by atomic mass is 9.88. The maximum Gasteiger partial charge on any atom is 0.328 e. The van der Waals surface area contributed by atoms with Gasteiger partial charge in [0.1, 0.15) is 12.1 Å². The lowest BCUT2D eigenvalue weighted by Crippen LogP contribution is -2.44. The normalized spacial score (nSPS) is 20.7. The molecule has 7 heteroatoms. The molecule has 4 heterocycles. The second kappa shape index (κ2) is 7.12. The van der Waals surface area contributed by atoms with Crippen LogP contribution in [0.2, 0.25) is 0 Å². The molecule has 34 heavy (non-hydrogen) atoms. The van der Waals surface area contributed by atoms with Gasteiger partial charge in [0.25, 0.3) is 5.91 Å². The van der Waals surface area contributed by atoms with Gasteiger partial charge in [0.15, 0.2) is 11.5 Å².